The SMILES string of the molecule is CN(C)c1ccccn1.O=CCOc1ccc(-c2c(-c3ccc(Cl)cc3)nc3sc4ccccc4n23)cc1. The fourth-order valence-corrected chi connectivity index (χ4v) is 5.20. The predicted octanol–water partition coefficient (Wildman–Crippen LogP) is 7.26. The molecule has 0 amide bonds. The zero-order valence-corrected chi connectivity index (χ0v) is 22.5. The second kappa shape index (κ2) is 11.5. The number of carbonyl (C=O) groups excluding carboxylic acids is 1. The Balaban J connectivity index is 0.000000278. The maximum atomic E-state index is 10.6. The second-order valence-electron chi connectivity index (χ2n) is 8.59. The van der Waals surface area contributed by atoms with Crippen molar-refractivity contribution in [2.24, 2.45) is 0 Å². The van der Waals surface area contributed by atoms with Gasteiger partial charge in [0.1, 0.15) is 18.2 Å². The lowest BCUT2D eigenvalue weighted by Crippen LogP contribution is -2.09. The van der Waals surface area contributed by atoms with Gasteiger partial charge in [0, 0.05) is 36.4 Å². The third kappa shape index (κ3) is 5.39. The van der Waals surface area contributed by atoms with E-state index in [0.717, 1.165) is 45.1 Å². The van der Waals surface area contributed by atoms with Crippen LogP contribution in [0.2, 0.25) is 5.02 Å². The number of nitrogens with zero attached hydrogens (tertiary/aromatic N) is 4. The molecule has 0 atom stereocenters. The zero-order valence-electron chi connectivity index (χ0n) is 20.9. The molecule has 6 rings (SSSR count). The zero-order chi connectivity index (χ0) is 26.5. The first kappa shape index (κ1) is 25.4. The number of fused-ring (bicyclic) bond motifs is 3. The number of halogens is 1. The standard InChI is InChI=1S/C23H15ClN2O2S.C7H10N2/c24-17-9-5-15(6-10-17)21-22(16-7-11-18(12-8-16)28-14-13-27)26-19-3-1-2-4-20(19)29-23(26)25-21;1-9(2)7-5-3-4-6-8-7/h1-13H,14H2;3-6H,1-2H3. The number of hydrogen-bond donors (Lipinski definition) is 0. The number of para-hydroxylation sites is 1. The number of imidazole rings is 1. The van der Waals surface area contributed by atoms with E-state index < -0.39 is 0 Å². The average molecular weight is 541 g/mol. The first-order valence-electron chi connectivity index (χ1n) is 12.0. The Morgan fingerprint density at radius 1 is 0.921 bits per heavy atom. The molecule has 6 aromatic rings. The van der Waals surface area contributed by atoms with Crippen molar-refractivity contribution in [2.75, 3.05) is 25.6 Å². The maximum Gasteiger partial charge on any atom is 0.195 e. The molecule has 0 N–H and O–H groups in total. The topological polar surface area (TPSA) is 59.7 Å². The molecule has 8 heteroatoms. The van der Waals surface area contributed by atoms with Crippen molar-refractivity contribution in [3.63, 3.8) is 0 Å². The molecule has 0 aliphatic heterocycles. The fraction of sp³-hybridized carbons (Fsp3) is 0.100. The Hall–Kier alpha value is -4.20. The molecule has 0 bridgehead atoms. The van der Waals surface area contributed by atoms with Crippen LogP contribution in [-0.2, 0) is 4.79 Å². The van der Waals surface area contributed by atoms with E-state index in [2.05, 4.69) is 21.5 Å². The number of rotatable bonds is 6. The van der Waals surface area contributed by atoms with E-state index >= 15 is 0 Å². The summed E-state index contributed by atoms with van der Waals surface area (Å²) in [5.41, 5.74) is 5.06. The van der Waals surface area contributed by atoms with Gasteiger partial charge in [-0.25, -0.2) is 9.97 Å². The number of aromatic nitrogens is 3. The van der Waals surface area contributed by atoms with Gasteiger partial charge in [0.25, 0.3) is 0 Å². The van der Waals surface area contributed by atoms with Crippen molar-refractivity contribution < 1.29 is 9.53 Å². The Morgan fingerprint density at radius 2 is 1.63 bits per heavy atom. The molecular formula is C30H25ClN4O2S. The number of hydrogen-bond acceptors (Lipinski definition) is 6. The summed E-state index contributed by atoms with van der Waals surface area (Å²) >= 11 is 7.75. The van der Waals surface area contributed by atoms with E-state index in [0.29, 0.717) is 10.8 Å². The monoisotopic (exact) mass is 540 g/mol. The molecule has 3 aromatic carbocycles. The molecule has 0 saturated carbocycles. The number of aldehydes is 1. The van der Waals surface area contributed by atoms with Gasteiger partial charge in [-0.2, -0.15) is 0 Å². The Kier molecular flexibility index (Phi) is 7.67. The second-order valence-corrected chi connectivity index (χ2v) is 10.0. The van der Waals surface area contributed by atoms with E-state index in [9.17, 15) is 4.79 Å². The minimum Gasteiger partial charge on any atom is -0.486 e. The highest BCUT2D eigenvalue weighted by Crippen LogP contribution is 2.39. The molecular weight excluding hydrogens is 516 g/mol. The van der Waals surface area contributed by atoms with Crippen LogP contribution in [0.4, 0.5) is 5.82 Å². The molecule has 0 spiro atoms. The van der Waals surface area contributed by atoms with Crippen LogP contribution in [0, 0.1) is 0 Å². The summed E-state index contributed by atoms with van der Waals surface area (Å²) in [7, 11) is 3.95. The summed E-state index contributed by atoms with van der Waals surface area (Å²) in [5, 5.41) is 0.693. The maximum absolute atomic E-state index is 10.6. The van der Waals surface area contributed by atoms with Gasteiger partial charge in [-0.1, -0.05) is 53.3 Å². The molecule has 0 saturated heterocycles. The number of ether oxygens (including phenoxy) is 1. The Labute approximate surface area is 229 Å². The molecule has 0 aliphatic carbocycles. The molecule has 0 fully saturated rings. The van der Waals surface area contributed by atoms with E-state index in [4.69, 9.17) is 21.3 Å². The molecule has 38 heavy (non-hydrogen) atoms. The highest BCUT2D eigenvalue weighted by molar-refractivity contribution is 7.23. The fourth-order valence-electron chi connectivity index (χ4n) is 4.05. The summed E-state index contributed by atoms with van der Waals surface area (Å²) < 4.78 is 8.78. The highest BCUT2D eigenvalue weighted by Gasteiger charge is 2.19. The third-order valence-electron chi connectivity index (χ3n) is 5.82. The number of thiazole rings is 1. The van der Waals surface area contributed by atoms with Crippen LogP contribution < -0.4 is 9.64 Å². The quantitative estimate of drug-likeness (QED) is 0.208. The summed E-state index contributed by atoms with van der Waals surface area (Å²) in [5.74, 6) is 1.65. The van der Waals surface area contributed by atoms with Crippen molar-refractivity contribution in [2.45, 2.75) is 0 Å². The Morgan fingerprint density at radius 3 is 2.29 bits per heavy atom. The van der Waals surface area contributed by atoms with Crippen molar-refractivity contribution in [1.29, 1.82) is 0 Å². The molecule has 0 aliphatic rings. The van der Waals surface area contributed by atoms with Crippen molar-refractivity contribution in [3.05, 3.63) is 102 Å². The highest BCUT2D eigenvalue weighted by atomic mass is 35.5. The van der Waals surface area contributed by atoms with Gasteiger partial charge in [0.2, 0.25) is 0 Å². The molecule has 3 heterocycles. The van der Waals surface area contributed by atoms with Crippen LogP contribution in [0.1, 0.15) is 0 Å². The lowest BCUT2D eigenvalue weighted by molar-refractivity contribution is -0.109. The number of pyridine rings is 1. The number of carbonyl (C=O) groups is 1. The summed E-state index contributed by atoms with van der Waals surface area (Å²) in [6.07, 6.45) is 2.53. The Bertz CT molecular complexity index is 1660. The predicted molar refractivity (Wildman–Crippen MR) is 157 cm³/mol. The van der Waals surface area contributed by atoms with Crippen LogP contribution in [0.15, 0.2) is 97.2 Å². The smallest absolute Gasteiger partial charge is 0.195 e. The summed E-state index contributed by atoms with van der Waals surface area (Å²) in [4.78, 5) is 22.5. The van der Waals surface area contributed by atoms with E-state index in [1.54, 1.807) is 17.5 Å². The molecule has 3 aromatic heterocycles. The van der Waals surface area contributed by atoms with E-state index in [-0.39, 0.29) is 6.61 Å². The van der Waals surface area contributed by atoms with Gasteiger partial charge < -0.3 is 9.64 Å². The molecule has 0 radical (unpaired) electrons. The molecule has 190 valence electrons. The van der Waals surface area contributed by atoms with Crippen molar-refractivity contribution in [3.8, 4) is 28.3 Å². The molecule has 0 unspecified atom stereocenters. The molecule has 6 nitrogen and oxygen atoms in total. The van der Waals surface area contributed by atoms with Crippen molar-refractivity contribution >= 4 is 50.2 Å². The first-order valence-corrected chi connectivity index (χ1v) is 13.2. The lowest BCUT2D eigenvalue weighted by Gasteiger charge is -2.08. The van der Waals surface area contributed by atoms with Gasteiger partial charge in [0.15, 0.2) is 11.2 Å². The van der Waals surface area contributed by atoms with Gasteiger partial charge in [-0.3, -0.25) is 9.20 Å². The minimum absolute atomic E-state index is 0.0431. The number of anilines is 1. The van der Waals surface area contributed by atoms with Crippen molar-refractivity contribution in [1.82, 2.24) is 14.4 Å². The van der Waals surface area contributed by atoms with Crippen LogP contribution in [-0.4, -0.2) is 41.4 Å². The number of benzene rings is 3. The van der Waals surface area contributed by atoms with E-state index in [1.165, 1.54) is 4.70 Å². The van der Waals surface area contributed by atoms with Crippen LogP contribution in [0.5, 0.6) is 5.75 Å². The summed E-state index contributed by atoms with van der Waals surface area (Å²) in [6.45, 7) is 0.0431. The van der Waals surface area contributed by atoms with Gasteiger partial charge in [-0.15, -0.1) is 0 Å². The van der Waals surface area contributed by atoms with Crippen LogP contribution >= 0.6 is 22.9 Å². The van der Waals surface area contributed by atoms with Crippen LogP contribution in [0.25, 0.3) is 37.7 Å². The lowest BCUT2D eigenvalue weighted by atomic mass is 10.0. The first-order chi connectivity index (χ1) is 18.5. The normalized spacial score (nSPS) is 10.7. The largest absolute Gasteiger partial charge is 0.486 e. The third-order valence-corrected chi connectivity index (χ3v) is 7.10. The van der Waals surface area contributed by atoms with Gasteiger partial charge in [-0.05, 0) is 60.7 Å². The minimum atomic E-state index is 0.0431. The summed E-state index contributed by atoms with van der Waals surface area (Å²) in [6, 6.07) is 29.6. The van der Waals surface area contributed by atoms with Gasteiger partial charge in [0.05, 0.1) is 21.6 Å². The average Bonchev–Trinajstić information content (AvgIpc) is 3.50. The van der Waals surface area contributed by atoms with E-state index in [1.807, 2.05) is 97.9 Å². The van der Waals surface area contributed by atoms with Crippen LogP contribution in [0.3, 0.4) is 0 Å². The van der Waals surface area contributed by atoms with Gasteiger partial charge >= 0.3 is 0 Å².